The molecular weight excluding hydrogens is 178 g/mol. The Morgan fingerprint density at radius 3 is 3.14 bits per heavy atom. The van der Waals surface area contributed by atoms with Crippen molar-refractivity contribution in [2.45, 2.75) is 18.9 Å². The fourth-order valence-corrected chi connectivity index (χ4v) is 1.56. The van der Waals surface area contributed by atoms with Gasteiger partial charge in [-0.3, -0.25) is 4.79 Å². The Labute approximate surface area is 82.7 Å². The third kappa shape index (κ3) is 2.09. The molecule has 1 aromatic heterocycles. The van der Waals surface area contributed by atoms with Crippen LogP contribution in [0.4, 0.5) is 5.82 Å². The SMILES string of the molecule is O=C(Nc1ccccn1)C1CCCN1. The van der Waals surface area contributed by atoms with Crippen LogP contribution in [0.5, 0.6) is 0 Å². The van der Waals surface area contributed by atoms with Crippen LogP contribution < -0.4 is 10.6 Å². The van der Waals surface area contributed by atoms with E-state index in [1.807, 2.05) is 12.1 Å². The summed E-state index contributed by atoms with van der Waals surface area (Å²) in [4.78, 5) is 15.6. The fraction of sp³-hybridized carbons (Fsp3) is 0.400. The summed E-state index contributed by atoms with van der Waals surface area (Å²) in [6.45, 7) is 0.931. The highest BCUT2D eigenvalue weighted by molar-refractivity contribution is 5.94. The van der Waals surface area contributed by atoms with E-state index in [1.165, 1.54) is 0 Å². The molecule has 4 heteroatoms. The van der Waals surface area contributed by atoms with Crippen LogP contribution in [0.1, 0.15) is 12.8 Å². The average molecular weight is 191 g/mol. The molecule has 4 nitrogen and oxygen atoms in total. The van der Waals surface area contributed by atoms with Gasteiger partial charge in [0.1, 0.15) is 5.82 Å². The van der Waals surface area contributed by atoms with Gasteiger partial charge in [0.2, 0.25) is 5.91 Å². The number of hydrogen-bond donors (Lipinski definition) is 2. The Morgan fingerprint density at radius 2 is 2.50 bits per heavy atom. The third-order valence-electron chi connectivity index (χ3n) is 2.29. The summed E-state index contributed by atoms with van der Waals surface area (Å²) in [5.74, 6) is 0.632. The minimum atomic E-state index is -0.0444. The molecule has 0 aromatic carbocycles. The topological polar surface area (TPSA) is 54.0 Å². The maximum atomic E-state index is 11.6. The highest BCUT2D eigenvalue weighted by atomic mass is 16.2. The van der Waals surface area contributed by atoms with Gasteiger partial charge >= 0.3 is 0 Å². The summed E-state index contributed by atoms with van der Waals surface area (Å²) < 4.78 is 0. The summed E-state index contributed by atoms with van der Waals surface area (Å²) in [6, 6.07) is 5.41. The minimum Gasteiger partial charge on any atom is -0.309 e. The number of hydrogen-bond acceptors (Lipinski definition) is 3. The maximum absolute atomic E-state index is 11.6. The molecule has 1 aromatic rings. The largest absolute Gasteiger partial charge is 0.309 e. The Balaban J connectivity index is 1.94. The van der Waals surface area contributed by atoms with E-state index in [9.17, 15) is 4.79 Å². The van der Waals surface area contributed by atoms with Crippen molar-refractivity contribution in [1.29, 1.82) is 0 Å². The van der Waals surface area contributed by atoms with E-state index in [4.69, 9.17) is 0 Å². The number of nitrogens with zero attached hydrogens (tertiary/aromatic N) is 1. The normalized spacial score (nSPS) is 20.7. The number of nitrogens with one attached hydrogen (secondary N) is 2. The number of pyridine rings is 1. The number of aromatic nitrogens is 1. The number of anilines is 1. The molecule has 2 heterocycles. The van der Waals surface area contributed by atoms with E-state index < -0.39 is 0 Å². The summed E-state index contributed by atoms with van der Waals surface area (Å²) in [7, 11) is 0. The van der Waals surface area contributed by atoms with Gasteiger partial charge in [0, 0.05) is 6.20 Å². The third-order valence-corrected chi connectivity index (χ3v) is 2.29. The van der Waals surface area contributed by atoms with Crippen molar-refractivity contribution in [3.63, 3.8) is 0 Å². The predicted molar refractivity (Wildman–Crippen MR) is 53.9 cm³/mol. The quantitative estimate of drug-likeness (QED) is 0.726. The van der Waals surface area contributed by atoms with Crippen molar-refractivity contribution in [1.82, 2.24) is 10.3 Å². The Morgan fingerprint density at radius 1 is 1.57 bits per heavy atom. The van der Waals surface area contributed by atoms with E-state index in [0.29, 0.717) is 5.82 Å². The van der Waals surface area contributed by atoms with E-state index in [2.05, 4.69) is 15.6 Å². The van der Waals surface area contributed by atoms with Gasteiger partial charge in [0.15, 0.2) is 0 Å². The van der Waals surface area contributed by atoms with Gasteiger partial charge < -0.3 is 10.6 Å². The standard InChI is InChI=1S/C10H13N3O/c14-10(8-4-3-7-11-8)13-9-5-1-2-6-12-9/h1-2,5-6,8,11H,3-4,7H2,(H,12,13,14). The lowest BCUT2D eigenvalue weighted by molar-refractivity contribution is -0.117. The zero-order valence-corrected chi connectivity index (χ0v) is 7.86. The molecule has 2 N–H and O–H groups in total. The maximum Gasteiger partial charge on any atom is 0.242 e. The van der Waals surface area contributed by atoms with Crippen LogP contribution in [0.25, 0.3) is 0 Å². The first kappa shape index (κ1) is 9.15. The van der Waals surface area contributed by atoms with Crippen molar-refractivity contribution in [3.8, 4) is 0 Å². The van der Waals surface area contributed by atoms with Gasteiger partial charge in [0.05, 0.1) is 6.04 Å². The molecular formula is C10H13N3O. The highest BCUT2D eigenvalue weighted by Gasteiger charge is 2.21. The van der Waals surface area contributed by atoms with Crippen molar-refractivity contribution in [3.05, 3.63) is 24.4 Å². The zero-order chi connectivity index (χ0) is 9.80. The number of carbonyl (C=O) groups excluding carboxylic acids is 1. The lowest BCUT2D eigenvalue weighted by Gasteiger charge is -2.09. The molecule has 1 fully saturated rings. The van der Waals surface area contributed by atoms with Crippen LogP contribution in [-0.2, 0) is 4.79 Å². The Hall–Kier alpha value is -1.42. The average Bonchev–Trinajstić information content (AvgIpc) is 2.72. The summed E-state index contributed by atoms with van der Waals surface area (Å²) in [5, 5.41) is 5.91. The number of carbonyl (C=O) groups is 1. The summed E-state index contributed by atoms with van der Waals surface area (Å²) in [5.41, 5.74) is 0. The Kier molecular flexibility index (Phi) is 2.74. The molecule has 1 amide bonds. The molecule has 74 valence electrons. The Bertz CT molecular complexity index is 306. The lowest BCUT2D eigenvalue weighted by Crippen LogP contribution is -2.35. The predicted octanol–water partition coefficient (Wildman–Crippen LogP) is 0.772. The molecule has 0 bridgehead atoms. The van der Waals surface area contributed by atoms with Gasteiger partial charge in [0.25, 0.3) is 0 Å². The molecule has 2 rings (SSSR count). The second-order valence-electron chi connectivity index (χ2n) is 3.35. The van der Waals surface area contributed by atoms with Gasteiger partial charge in [-0.05, 0) is 31.5 Å². The molecule has 1 atom stereocenters. The first-order valence-corrected chi connectivity index (χ1v) is 4.81. The van der Waals surface area contributed by atoms with Gasteiger partial charge in [-0.15, -0.1) is 0 Å². The van der Waals surface area contributed by atoms with E-state index >= 15 is 0 Å². The summed E-state index contributed by atoms with van der Waals surface area (Å²) in [6.07, 6.45) is 3.65. The molecule has 0 radical (unpaired) electrons. The highest BCUT2D eigenvalue weighted by Crippen LogP contribution is 2.08. The zero-order valence-electron chi connectivity index (χ0n) is 7.86. The van der Waals surface area contributed by atoms with E-state index in [0.717, 1.165) is 19.4 Å². The molecule has 0 saturated carbocycles. The van der Waals surface area contributed by atoms with Crippen LogP contribution in [0.15, 0.2) is 24.4 Å². The molecule has 1 saturated heterocycles. The molecule has 14 heavy (non-hydrogen) atoms. The first-order chi connectivity index (χ1) is 6.86. The van der Waals surface area contributed by atoms with Crippen molar-refractivity contribution in [2.24, 2.45) is 0 Å². The first-order valence-electron chi connectivity index (χ1n) is 4.81. The van der Waals surface area contributed by atoms with Crippen LogP contribution >= 0.6 is 0 Å². The molecule has 0 spiro atoms. The second kappa shape index (κ2) is 4.19. The monoisotopic (exact) mass is 191 g/mol. The number of amides is 1. The van der Waals surface area contributed by atoms with E-state index in [-0.39, 0.29) is 11.9 Å². The van der Waals surface area contributed by atoms with Gasteiger partial charge in [-0.25, -0.2) is 4.98 Å². The second-order valence-corrected chi connectivity index (χ2v) is 3.35. The van der Waals surface area contributed by atoms with Crippen LogP contribution in [0.3, 0.4) is 0 Å². The lowest BCUT2D eigenvalue weighted by atomic mass is 10.2. The van der Waals surface area contributed by atoms with Crippen LogP contribution in [0, 0.1) is 0 Å². The molecule has 0 aliphatic carbocycles. The summed E-state index contributed by atoms with van der Waals surface area (Å²) >= 11 is 0. The molecule has 1 aliphatic heterocycles. The van der Waals surface area contributed by atoms with Gasteiger partial charge in [-0.1, -0.05) is 6.07 Å². The smallest absolute Gasteiger partial charge is 0.242 e. The fourth-order valence-electron chi connectivity index (χ4n) is 1.56. The van der Waals surface area contributed by atoms with Crippen molar-refractivity contribution < 1.29 is 4.79 Å². The number of rotatable bonds is 2. The molecule has 1 aliphatic rings. The van der Waals surface area contributed by atoms with Crippen LogP contribution in [-0.4, -0.2) is 23.5 Å². The molecule has 1 unspecified atom stereocenters. The van der Waals surface area contributed by atoms with E-state index in [1.54, 1.807) is 12.3 Å². The minimum absolute atomic E-state index is 0.0150. The van der Waals surface area contributed by atoms with Gasteiger partial charge in [-0.2, -0.15) is 0 Å². The van der Waals surface area contributed by atoms with Crippen molar-refractivity contribution in [2.75, 3.05) is 11.9 Å². The van der Waals surface area contributed by atoms with Crippen LogP contribution in [0.2, 0.25) is 0 Å². The van der Waals surface area contributed by atoms with Crippen molar-refractivity contribution >= 4 is 11.7 Å².